The van der Waals surface area contributed by atoms with Gasteiger partial charge in [0.2, 0.25) is 0 Å². The van der Waals surface area contributed by atoms with Gasteiger partial charge in [-0.1, -0.05) is 27.2 Å². The Bertz CT molecular complexity index is 308. The summed E-state index contributed by atoms with van der Waals surface area (Å²) in [5.74, 6) is 0.745. The van der Waals surface area contributed by atoms with Crippen LogP contribution in [0.25, 0.3) is 0 Å². The van der Waals surface area contributed by atoms with Crippen molar-refractivity contribution in [3.8, 4) is 6.07 Å². The molecule has 19 heavy (non-hydrogen) atoms. The lowest BCUT2D eigenvalue weighted by molar-refractivity contribution is 0.173. The van der Waals surface area contributed by atoms with E-state index in [1.165, 1.54) is 13.0 Å². The normalized spacial score (nSPS) is 28.8. The second-order valence-electron chi connectivity index (χ2n) is 6.49. The van der Waals surface area contributed by atoms with Crippen molar-refractivity contribution in [1.82, 2.24) is 10.2 Å². The van der Waals surface area contributed by atoms with E-state index in [1.807, 2.05) is 0 Å². The third-order valence-corrected chi connectivity index (χ3v) is 4.43. The Kier molecular flexibility index (Phi) is 6.29. The van der Waals surface area contributed by atoms with Gasteiger partial charge >= 0.3 is 0 Å². The molecule has 1 rings (SSSR count). The van der Waals surface area contributed by atoms with Crippen molar-refractivity contribution < 1.29 is 0 Å². The number of hydrogen-bond donors (Lipinski definition) is 1. The van der Waals surface area contributed by atoms with Crippen LogP contribution < -0.4 is 5.32 Å². The van der Waals surface area contributed by atoms with Gasteiger partial charge in [-0.05, 0) is 45.6 Å². The lowest BCUT2D eigenvalue weighted by Crippen LogP contribution is -2.47. The molecule has 0 saturated heterocycles. The molecule has 0 aliphatic heterocycles. The van der Waals surface area contributed by atoms with Crippen LogP contribution in [0, 0.1) is 17.2 Å². The van der Waals surface area contributed by atoms with Crippen LogP contribution in [0.3, 0.4) is 0 Å². The van der Waals surface area contributed by atoms with Crippen LogP contribution in [0.2, 0.25) is 0 Å². The lowest BCUT2D eigenvalue weighted by atomic mass is 9.97. The van der Waals surface area contributed by atoms with Crippen molar-refractivity contribution in [2.45, 2.75) is 77.9 Å². The Morgan fingerprint density at radius 1 is 1.37 bits per heavy atom. The summed E-state index contributed by atoms with van der Waals surface area (Å²) in [6.45, 7) is 13.3. The summed E-state index contributed by atoms with van der Waals surface area (Å²) >= 11 is 0. The van der Waals surface area contributed by atoms with Crippen molar-refractivity contribution >= 4 is 0 Å². The van der Waals surface area contributed by atoms with E-state index in [0.717, 1.165) is 31.7 Å². The highest BCUT2D eigenvalue weighted by Crippen LogP contribution is 2.33. The van der Waals surface area contributed by atoms with Gasteiger partial charge in [-0.25, -0.2) is 0 Å². The molecule has 1 fully saturated rings. The fourth-order valence-corrected chi connectivity index (χ4v) is 3.21. The highest BCUT2D eigenvalue weighted by molar-refractivity contribution is 5.14. The largest absolute Gasteiger partial charge is 0.300 e. The van der Waals surface area contributed by atoms with E-state index >= 15 is 0 Å². The first-order valence-corrected chi connectivity index (χ1v) is 7.89. The fourth-order valence-electron chi connectivity index (χ4n) is 3.21. The van der Waals surface area contributed by atoms with Crippen LogP contribution >= 0.6 is 0 Å². The Labute approximate surface area is 119 Å². The number of nitriles is 1. The standard InChI is InChI=1S/C16H31N3/c1-6-14(5)11-19(7-2)15-8-9-16(10-15,12-17)18-13(3)4/h13-15,18H,6-11H2,1-5H3. The fraction of sp³-hybridized carbons (Fsp3) is 0.938. The molecule has 0 spiro atoms. The van der Waals surface area contributed by atoms with Gasteiger partial charge < -0.3 is 4.90 Å². The van der Waals surface area contributed by atoms with E-state index in [-0.39, 0.29) is 5.54 Å². The zero-order valence-electron chi connectivity index (χ0n) is 13.4. The highest BCUT2D eigenvalue weighted by Gasteiger charge is 2.41. The Morgan fingerprint density at radius 2 is 2.05 bits per heavy atom. The van der Waals surface area contributed by atoms with E-state index in [9.17, 15) is 5.26 Å². The number of nitrogens with one attached hydrogen (secondary N) is 1. The first-order valence-electron chi connectivity index (χ1n) is 7.89. The summed E-state index contributed by atoms with van der Waals surface area (Å²) in [5.41, 5.74) is -0.290. The van der Waals surface area contributed by atoms with E-state index in [2.05, 4.69) is 50.9 Å². The third-order valence-electron chi connectivity index (χ3n) is 4.43. The molecule has 0 amide bonds. The SMILES string of the molecule is CCC(C)CN(CC)C1CCC(C#N)(NC(C)C)C1. The lowest BCUT2D eigenvalue weighted by Gasteiger charge is -2.31. The van der Waals surface area contributed by atoms with Gasteiger partial charge in [0.1, 0.15) is 5.54 Å². The molecule has 1 saturated carbocycles. The van der Waals surface area contributed by atoms with Crippen molar-refractivity contribution in [2.24, 2.45) is 5.92 Å². The van der Waals surface area contributed by atoms with Crippen LogP contribution in [0.15, 0.2) is 0 Å². The van der Waals surface area contributed by atoms with Crippen LogP contribution in [0.4, 0.5) is 0 Å². The molecule has 0 radical (unpaired) electrons. The smallest absolute Gasteiger partial charge is 0.108 e. The van der Waals surface area contributed by atoms with E-state index in [4.69, 9.17) is 0 Å². The van der Waals surface area contributed by atoms with Gasteiger partial charge in [0.05, 0.1) is 6.07 Å². The van der Waals surface area contributed by atoms with Crippen LogP contribution in [-0.4, -0.2) is 35.6 Å². The minimum atomic E-state index is -0.290. The molecular formula is C16H31N3. The maximum Gasteiger partial charge on any atom is 0.108 e. The summed E-state index contributed by atoms with van der Waals surface area (Å²) in [4.78, 5) is 2.58. The molecule has 3 heteroatoms. The van der Waals surface area contributed by atoms with E-state index in [1.54, 1.807) is 0 Å². The molecule has 1 aliphatic carbocycles. The molecule has 0 aromatic carbocycles. The minimum absolute atomic E-state index is 0.290. The quantitative estimate of drug-likeness (QED) is 0.768. The Morgan fingerprint density at radius 3 is 2.53 bits per heavy atom. The van der Waals surface area contributed by atoms with E-state index in [0.29, 0.717) is 12.1 Å². The molecule has 110 valence electrons. The van der Waals surface area contributed by atoms with Crippen molar-refractivity contribution in [3.05, 3.63) is 0 Å². The molecule has 1 aliphatic rings. The third kappa shape index (κ3) is 4.47. The van der Waals surface area contributed by atoms with Crippen molar-refractivity contribution in [1.29, 1.82) is 5.26 Å². The molecular weight excluding hydrogens is 234 g/mol. The topological polar surface area (TPSA) is 39.1 Å². The number of nitrogens with zero attached hydrogens (tertiary/aromatic N) is 2. The average Bonchev–Trinajstić information content (AvgIpc) is 2.79. The molecule has 0 aromatic rings. The first-order chi connectivity index (χ1) is 8.96. The van der Waals surface area contributed by atoms with Crippen LogP contribution in [0.5, 0.6) is 0 Å². The molecule has 0 heterocycles. The van der Waals surface area contributed by atoms with Gasteiger partial charge in [0.15, 0.2) is 0 Å². The van der Waals surface area contributed by atoms with E-state index < -0.39 is 0 Å². The summed E-state index contributed by atoms with van der Waals surface area (Å²) in [6.07, 6.45) is 4.35. The summed E-state index contributed by atoms with van der Waals surface area (Å²) in [5, 5.41) is 13.0. The number of hydrogen-bond acceptors (Lipinski definition) is 3. The molecule has 0 aromatic heterocycles. The molecule has 3 nitrogen and oxygen atoms in total. The minimum Gasteiger partial charge on any atom is -0.300 e. The van der Waals surface area contributed by atoms with Gasteiger partial charge in [-0.3, -0.25) is 5.32 Å². The average molecular weight is 265 g/mol. The van der Waals surface area contributed by atoms with Gasteiger partial charge in [0.25, 0.3) is 0 Å². The van der Waals surface area contributed by atoms with Crippen molar-refractivity contribution in [3.63, 3.8) is 0 Å². The Hall–Kier alpha value is -0.590. The predicted molar refractivity (Wildman–Crippen MR) is 81.0 cm³/mol. The highest BCUT2D eigenvalue weighted by atomic mass is 15.2. The van der Waals surface area contributed by atoms with Gasteiger partial charge in [-0.15, -0.1) is 0 Å². The summed E-state index contributed by atoms with van der Waals surface area (Å²) in [7, 11) is 0. The molecule has 1 N–H and O–H groups in total. The maximum atomic E-state index is 9.53. The van der Waals surface area contributed by atoms with Crippen LogP contribution in [-0.2, 0) is 0 Å². The van der Waals surface area contributed by atoms with Crippen LogP contribution in [0.1, 0.15) is 60.3 Å². The monoisotopic (exact) mass is 265 g/mol. The zero-order valence-corrected chi connectivity index (χ0v) is 13.4. The Balaban J connectivity index is 2.64. The van der Waals surface area contributed by atoms with Gasteiger partial charge in [0, 0.05) is 18.6 Å². The maximum absolute atomic E-state index is 9.53. The molecule has 0 bridgehead atoms. The molecule has 3 atom stereocenters. The molecule has 3 unspecified atom stereocenters. The summed E-state index contributed by atoms with van der Waals surface area (Å²) < 4.78 is 0. The van der Waals surface area contributed by atoms with Crippen molar-refractivity contribution in [2.75, 3.05) is 13.1 Å². The second-order valence-corrected chi connectivity index (χ2v) is 6.49. The summed E-state index contributed by atoms with van der Waals surface area (Å²) in [6, 6.07) is 3.50. The van der Waals surface area contributed by atoms with Gasteiger partial charge in [-0.2, -0.15) is 5.26 Å². The number of rotatable bonds is 7. The first kappa shape index (κ1) is 16.5. The predicted octanol–water partition coefficient (Wildman–Crippen LogP) is 3.17. The second kappa shape index (κ2) is 7.26. The zero-order chi connectivity index (χ0) is 14.5.